The van der Waals surface area contributed by atoms with E-state index in [2.05, 4.69) is 10.6 Å². The molecule has 0 atom stereocenters. The molecule has 1 fully saturated rings. The summed E-state index contributed by atoms with van der Waals surface area (Å²) in [5.74, 6) is 0.569. The van der Waals surface area contributed by atoms with Crippen molar-refractivity contribution < 1.29 is 4.79 Å². The van der Waals surface area contributed by atoms with Crippen LogP contribution in [0.25, 0.3) is 0 Å². The second-order valence-electron chi connectivity index (χ2n) is 4.72. The van der Waals surface area contributed by atoms with Crippen LogP contribution >= 0.6 is 12.2 Å². The molecule has 0 heterocycles. The smallest absolute Gasteiger partial charge is 0.226 e. The Labute approximate surface area is 113 Å². The van der Waals surface area contributed by atoms with Crippen molar-refractivity contribution in [2.24, 2.45) is 5.92 Å². The number of amides is 1. The number of para-hydroxylation sites is 1. The Balaban J connectivity index is 1.75. The summed E-state index contributed by atoms with van der Waals surface area (Å²) in [6, 6.07) is 9.61. The van der Waals surface area contributed by atoms with E-state index in [1.807, 2.05) is 30.3 Å². The molecule has 1 aliphatic carbocycles. The van der Waals surface area contributed by atoms with Crippen LogP contribution in [0, 0.1) is 5.92 Å². The molecule has 4 heteroatoms. The molecule has 0 bridgehead atoms. The van der Waals surface area contributed by atoms with Gasteiger partial charge in [0.1, 0.15) is 0 Å². The molecule has 96 valence electrons. The Bertz CT molecular complexity index is 413. The molecule has 1 aliphatic rings. The molecule has 0 unspecified atom stereocenters. The Morgan fingerprint density at radius 3 is 2.56 bits per heavy atom. The molecule has 0 aromatic heterocycles. The van der Waals surface area contributed by atoms with Gasteiger partial charge >= 0.3 is 0 Å². The van der Waals surface area contributed by atoms with Gasteiger partial charge in [0.05, 0.1) is 0 Å². The number of benzene rings is 1. The van der Waals surface area contributed by atoms with E-state index in [-0.39, 0.29) is 5.91 Å². The summed E-state index contributed by atoms with van der Waals surface area (Å²) in [5, 5.41) is 6.11. The topological polar surface area (TPSA) is 41.1 Å². The van der Waals surface area contributed by atoms with E-state index in [1.165, 1.54) is 25.7 Å². The number of nitrogens with one attached hydrogen (secondary N) is 2. The first-order valence-corrected chi connectivity index (χ1v) is 6.81. The van der Waals surface area contributed by atoms with Crippen molar-refractivity contribution in [3.05, 3.63) is 30.3 Å². The molecule has 1 saturated carbocycles. The first-order valence-electron chi connectivity index (χ1n) is 6.40. The van der Waals surface area contributed by atoms with E-state index >= 15 is 0 Å². The molecular formula is C14H18N2OS. The molecule has 3 nitrogen and oxygen atoms in total. The van der Waals surface area contributed by atoms with Gasteiger partial charge in [-0.25, -0.2) is 0 Å². The number of rotatable bonds is 3. The van der Waals surface area contributed by atoms with E-state index in [1.54, 1.807) is 0 Å². The minimum atomic E-state index is 0.0235. The van der Waals surface area contributed by atoms with Crippen molar-refractivity contribution >= 4 is 28.9 Å². The highest BCUT2D eigenvalue weighted by molar-refractivity contribution is 7.80. The second-order valence-corrected chi connectivity index (χ2v) is 5.13. The lowest BCUT2D eigenvalue weighted by atomic mass is 10.0. The van der Waals surface area contributed by atoms with E-state index in [9.17, 15) is 4.79 Å². The highest BCUT2D eigenvalue weighted by Crippen LogP contribution is 2.27. The second kappa shape index (κ2) is 6.50. The number of carbonyl (C=O) groups is 1. The predicted octanol–water partition coefficient (Wildman–Crippen LogP) is 3.08. The molecular weight excluding hydrogens is 244 g/mol. The van der Waals surface area contributed by atoms with Crippen LogP contribution in [-0.4, -0.2) is 11.0 Å². The summed E-state index contributed by atoms with van der Waals surface area (Å²) in [6.07, 6.45) is 5.45. The lowest BCUT2D eigenvalue weighted by molar-refractivity contribution is -0.120. The molecule has 0 spiro atoms. The Hall–Kier alpha value is -1.42. The zero-order valence-electron chi connectivity index (χ0n) is 10.3. The van der Waals surface area contributed by atoms with Gasteiger partial charge in [0, 0.05) is 12.1 Å². The van der Waals surface area contributed by atoms with Crippen LogP contribution in [0.3, 0.4) is 0 Å². The molecule has 2 rings (SSSR count). The minimum Gasteiger partial charge on any atom is -0.332 e. The summed E-state index contributed by atoms with van der Waals surface area (Å²) in [7, 11) is 0. The van der Waals surface area contributed by atoms with Crippen LogP contribution in [-0.2, 0) is 4.79 Å². The molecule has 18 heavy (non-hydrogen) atoms. The van der Waals surface area contributed by atoms with Crippen LogP contribution in [0.2, 0.25) is 0 Å². The van der Waals surface area contributed by atoms with Gasteiger partial charge in [-0.3, -0.25) is 4.79 Å². The zero-order valence-corrected chi connectivity index (χ0v) is 11.1. The van der Waals surface area contributed by atoms with Gasteiger partial charge in [0.2, 0.25) is 5.91 Å². The number of thiocarbonyl (C=S) groups is 1. The molecule has 1 amide bonds. The normalized spacial score (nSPS) is 15.3. The molecule has 0 saturated heterocycles. The molecule has 0 aliphatic heterocycles. The van der Waals surface area contributed by atoms with Crippen LogP contribution in [0.15, 0.2) is 30.3 Å². The van der Waals surface area contributed by atoms with Crippen LogP contribution in [0.5, 0.6) is 0 Å². The first kappa shape index (κ1) is 13.0. The maximum Gasteiger partial charge on any atom is 0.226 e. The fourth-order valence-electron chi connectivity index (χ4n) is 2.34. The fourth-order valence-corrected chi connectivity index (χ4v) is 2.57. The highest BCUT2D eigenvalue weighted by atomic mass is 32.1. The Morgan fingerprint density at radius 2 is 1.89 bits per heavy atom. The van der Waals surface area contributed by atoms with Gasteiger partial charge in [-0.05, 0) is 43.1 Å². The van der Waals surface area contributed by atoms with Crippen molar-refractivity contribution in [3.8, 4) is 0 Å². The van der Waals surface area contributed by atoms with Crippen LogP contribution in [0.4, 0.5) is 5.69 Å². The average Bonchev–Trinajstić information content (AvgIpc) is 2.82. The van der Waals surface area contributed by atoms with E-state index in [0.29, 0.717) is 17.5 Å². The summed E-state index contributed by atoms with van der Waals surface area (Å²) >= 11 is 5.11. The fraction of sp³-hybridized carbons (Fsp3) is 0.429. The lowest BCUT2D eigenvalue weighted by Gasteiger charge is -2.11. The molecule has 1 aromatic rings. The average molecular weight is 262 g/mol. The van der Waals surface area contributed by atoms with Crippen LogP contribution < -0.4 is 10.6 Å². The van der Waals surface area contributed by atoms with Gasteiger partial charge in [-0.2, -0.15) is 0 Å². The third-order valence-corrected chi connectivity index (χ3v) is 3.44. The standard InChI is InChI=1S/C14H18N2OS/c17-13(10-11-6-4-5-7-11)16-14(18)15-12-8-2-1-3-9-12/h1-3,8-9,11H,4-7,10H2,(H2,15,16,17,18). The van der Waals surface area contributed by atoms with Gasteiger partial charge in [0.25, 0.3) is 0 Å². The molecule has 2 N–H and O–H groups in total. The maximum atomic E-state index is 11.8. The number of carbonyl (C=O) groups excluding carboxylic acids is 1. The Morgan fingerprint density at radius 1 is 1.22 bits per heavy atom. The SMILES string of the molecule is O=C(CC1CCCC1)NC(=S)Nc1ccccc1. The quantitative estimate of drug-likeness (QED) is 0.823. The third-order valence-electron chi connectivity index (χ3n) is 3.23. The number of hydrogen-bond acceptors (Lipinski definition) is 2. The van der Waals surface area contributed by atoms with Crippen molar-refractivity contribution in [3.63, 3.8) is 0 Å². The van der Waals surface area contributed by atoms with Gasteiger partial charge in [-0.15, -0.1) is 0 Å². The van der Waals surface area contributed by atoms with Crippen molar-refractivity contribution in [2.45, 2.75) is 32.1 Å². The predicted molar refractivity (Wildman–Crippen MR) is 77.4 cm³/mol. The highest BCUT2D eigenvalue weighted by Gasteiger charge is 2.18. The summed E-state index contributed by atoms with van der Waals surface area (Å²) in [4.78, 5) is 11.8. The van der Waals surface area contributed by atoms with E-state index in [0.717, 1.165) is 5.69 Å². The van der Waals surface area contributed by atoms with E-state index < -0.39 is 0 Å². The summed E-state index contributed by atoms with van der Waals surface area (Å²) in [6.45, 7) is 0. The van der Waals surface area contributed by atoms with Crippen molar-refractivity contribution in [1.82, 2.24) is 5.32 Å². The lowest BCUT2D eigenvalue weighted by Crippen LogP contribution is -2.34. The van der Waals surface area contributed by atoms with Crippen molar-refractivity contribution in [2.75, 3.05) is 5.32 Å². The van der Waals surface area contributed by atoms with Gasteiger partial charge < -0.3 is 10.6 Å². The number of anilines is 1. The van der Waals surface area contributed by atoms with Gasteiger partial charge in [0.15, 0.2) is 5.11 Å². The zero-order chi connectivity index (χ0) is 12.8. The third kappa shape index (κ3) is 4.11. The number of hydrogen-bond donors (Lipinski definition) is 2. The minimum absolute atomic E-state index is 0.0235. The first-order chi connectivity index (χ1) is 8.74. The largest absolute Gasteiger partial charge is 0.332 e. The van der Waals surface area contributed by atoms with Crippen molar-refractivity contribution in [1.29, 1.82) is 0 Å². The van der Waals surface area contributed by atoms with E-state index in [4.69, 9.17) is 12.2 Å². The monoisotopic (exact) mass is 262 g/mol. The van der Waals surface area contributed by atoms with Crippen LogP contribution in [0.1, 0.15) is 32.1 Å². The summed E-state index contributed by atoms with van der Waals surface area (Å²) < 4.78 is 0. The summed E-state index contributed by atoms with van der Waals surface area (Å²) in [5.41, 5.74) is 0.892. The maximum absolute atomic E-state index is 11.8. The molecule has 0 radical (unpaired) electrons. The molecule has 1 aromatic carbocycles. The van der Waals surface area contributed by atoms with Gasteiger partial charge in [-0.1, -0.05) is 31.0 Å². The Kier molecular flexibility index (Phi) is 4.70.